The van der Waals surface area contributed by atoms with Gasteiger partial charge in [0, 0.05) is 28.2 Å². The maximum atomic E-state index is 11.1. The molecule has 0 saturated heterocycles. The van der Waals surface area contributed by atoms with Crippen molar-refractivity contribution < 1.29 is 14.5 Å². The molecular formula is C11H13ClN2O4S. The molecule has 104 valence electrons. The Labute approximate surface area is 119 Å². The summed E-state index contributed by atoms with van der Waals surface area (Å²) in [5.41, 5.74) is 6.07. The number of esters is 1. The maximum Gasteiger partial charge on any atom is 0.323 e. The normalized spacial score (nSPS) is 11.9. The summed E-state index contributed by atoms with van der Waals surface area (Å²) in [5, 5.41) is 11.3. The number of benzene rings is 1. The summed E-state index contributed by atoms with van der Waals surface area (Å²) in [5.74, 6) is 0.158. The number of nitrogens with zero attached hydrogens (tertiary/aromatic N) is 1. The third-order valence-electron chi connectivity index (χ3n) is 2.30. The van der Waals surface area contributed by atoms with Crippen molar-refractivity contribution in [3.05, 3.63) is 38.9 Å². The Kier molecular flexibility index (Phi) is 6.07. The molecule has 6 nitrogen and oxygen atoms in total. The van der Waals surface area contributed by atoms with E-state index in [-0.39, 0.29) is 5.69 Å². The Hall–Kier alpha value is -1.31. The van der Waals surface area contributed by atoms with Gasteiger partial charge < -0.3 is 10.5 Å². The molecule has 0 aliphatic carbocycles. The summed E-state index contributed by atoms with van der Waals surface area (Å²) in [6.45, 7) is 0. The van der Waals surface area contributed by atoms with Gasteiger partial charge >= 0.3 is 5.97 Å². The monoisotopic (exact) mass is 304 g/mol. The molecule has 1 atom stereocenters. The fourth-order valence-electron chi connectivity index (χ4n) is 1.36. The van der Waals surface area contributed by atoms with E-state index in [2.05, 4.69) is 4.74 Å². The number of carbonyl (C=O) groups excluding carboxylic acids is 1. The first-order valence-corrected chi connectivity index (χ1v) is 6.83. The van der Waals surface area contributed by atoms with Gasteiger partial charge in [-0.1, -0.05) is 11.6 Å². The van der Waals surface area contributed by atoms with Gasteiger partial charge in [0.05, 0.1) is 12.0 Å². The minimum Gasteiger partial charge on any atom is -0.468 e. The zero-order valence-electron chi connectivity index (χ0n) is 10.2. The summed E-state index contributed by atoms with van der Waals surface area (Å²) < 4.78 is 4.49. The standard InChI is InChI=1S/C11H13ClN2O4S/c1-18-11(15)9(13)6-19-5-7-4-8(12)2-3-10(7)14(16)17/h2-4,9H,5-6,13H2,1H3. The SMILES string of the molecule is COC(=O)C(N)CSCc1cc(Cl)ccc1[N+](=O)[O-]. The van der Waals surface area contributed by atoms with Crippen LogP contribution in [0.15, 0.2) is 18.2 Å². The number of methoxy groups -OCH3 is 1. The minimum absolute atomic E-state index is 0.00328. The van der Waals surface area contributed by atoms with Crippen LogP contribution in [0.2, 0.25) is 5.02 Å². The number of hydrogen-bond donors (Lipinski definition) is 1. The highest BCUT2D eigenvalue weighted by atomic mass is 35.5. The number of ether oxygens (including phenoxy) is 1. The molecule has 0 amide bonds. The first-order valence-electron chi connectivity index (χ1n) is 5.29. The summed E-state index contributed by atoms with van der Waals surface area (Å²) >= 11 is 7.11. The zero-order valence-corrected chi connectivity index (χ0v) is 11.7. The highest BCUT2D eigenvalue weighted by Gasteiger charge is 2.17. The summed E-state index contributed by atoms with van der Waals surface area (Å²) in [6, 6.07) is 3.62. The zero-order chi connectivity index (χ0) is 14.4. The van der Waals surface area contributed by atoms with Crippen LogP contribution >= 0.6 is 23.4 Å². The first-order chi connectivity index (χ1) is 8.95. The van der Waals surface area contributed by atoms with Crippen molar-refractivity contribution in [2.75, 3.05) is 12.9 Å². The molecule has 0 saturated carbocycles. The highest BCUT2D eigenvalue weighted by molar-refractivity contribution is 7.98. The van der Waals surface area contributed by atoms with E-state index < -0.39 is 16.9 Å². The van der Waals surface area contributed by atoms with Crippen molar-refractivity contribution in [3.63, 3.8) is 0 Å². The van der Waals surface area contributed by atoms with E-state index in [4.69, 9.17) is 17.3 Å². The van der Waals surface area contributed by atoms with Gasteiger partial charge in [-0.3, -0.25) is 14.9 Å². The van der Waals surface area contributed by atoms with E-state index in [1.807, 2.05) is 0 Å². The van der Waals surface area contributed by atoms with Crippen LogP contribution in [0.4, 0.5) is 5.69 Å². The molecule has 0 fully saturated rings. The fourth-order valence-corrected chi connectivity index (χ4v) is 2.52. The van der Waals surface area contributed by atoms with Crippen LogP contribution < -0.4 is 5.73 Å². The molecule has 0 radical (unpaired) electrons. The van der Waals surface area contributed by atoms with Gasteiger partial charge in [-0.15, -0.1) is 0 Å². The molecule has 1 aromatic rings. The van der Waals surface area contributed by atoms with Gasteiger partial charge in [0.1, 0.15) is 6.04 Å². The van der Waals surface area contributed by atoms with Crippen molar-refractivity contribution in [1.29, 1.82) is 0 Å². The number of halogens is 1. The molecule has 1 rings (SSSR count). The van der Waals surface area contributed by atoms with E-state index in [1.165, 1.54) is 37.1 Å². The van der Waals surface area contributed by atoms with E-state index >= 15 is 0 Å². The second kappa shape index (κ2) is 7.32. The topological polar surface area (TPSA) is 95.5 Å². The molecular weight excluding hydrogens is 292 g/mol. The average Bonchev–Trinajstić information content (AvgIpc) is 2.37. The molecule has 0 aromatic heterocycles. The van der Waals surface area contributed by atoms with Crippen LogP contribution in [0.3, 0.4) is 0 Å². The minimum atomic E-state index is -0.742. The van der Waals surface area contributed by atoms with Crippen LogP contribution in [0, 0.1) is 10.1 Å². The Morgan fingerprint density at radius 3 is 2.89 bits per heavy atom. The van der Waals surface area contributed by atoms with Gasteiger partial charge in [0.25, 0.3) is 5.69 Å². The van der Waals surface area contributed by atoms with E-state index in [1.54, 1.807) is 0 Å². The van der Waals surface area contributed by atoms with Crippen LogP contribution in [0.5, 0.6) is 0 Å². The predicted octanol–water partition coefficient (Wildman–Crippen LogP) is 1.98. The lowest BCUT2D eigenvalue weighted by atomic mass is 10.2. The molecule has 19 heavy (non-hydrogen) atoms. The Morgan fingerprint density at radius 1 is 1.63 bits per heavy atom. The fraction of sp³-hybridized carbons (Fsp3) is 0.364. The van der Waals surface area contributed by atoms with Crippen molar-refractivity contribution in [2.24, 2.45) is 5.73 Å². The summed E-state index contributed by atoms with van der Waals surface area (Å²) in [6.07, 6.45) is 0. The quantitative estimate of drug-likeness (QED) is 0.490. The summed E-state index contributed by atoms with van der Waals surface area (Å²) in [7, 11) is 1.26. The second-order valence-electron chi connectivity index (χ2n) is 3.67. The Balaban J connectivity index is 2.65. The Bertz CT molecular complexity index is 484. The third kappa shape index (κ3) is 4.70. The molecule has 1 aromatic carbocycles. The van der Waals surface area contributed by atoms with E-state index in [0.29, 0.717) is 22.1 Å². The largest absolute Gasteiger partial charge is 0.468 e. The van der Waals surface area contributed by atoms with Gasteiger partial charge in [0.2, 0.25) is 0 Å². The van der Waals surface area contributed by atoms with Gasteiger partial charge in [0.15, 0.2) is 0 Å². The van der Waals surface area contributed by atoms with Crippen molar-refractivity contribution in [1.82, 2.24) is 0 Å². The van der Waals surface area contributed by atoms with Crippen molar-refractivity contribution >= 4 is 35.0 Å². The smallest absolute Gasteiger partial charge is 0.323 e. The molecule has 0 bridgehead atoms. The van der Waals surface area contributed by atoms with Crippen molar-refractivity contribution in [3.8, 4) is 0 Å². The van der Waals surface area contributed by atoms with Gasteiger partial charge in [-0.05, 0) is 12.1 Å². The van der Waals surface area contributed by atoms with Crippen LogP contribution in [-0.4, -0.2) is 29.8 Å². The number of thioether (sulfide) groups is 1. The molecule has 0 spiro atoms. The number of carbonyl (C=O) groups is 1. The van der Waals surface area contributed by atoms with E-state index in [0.717, 1.165) is 0 Å². The van der Waals surface area contributed by atoms with Crippen LogP contribution in [-0.2, 0) is 15.3 Å². The van der Waals surface area contributed by atoms with Crippen LogP contribution in [0.1, 0.15) is 5.56 Å². The summed E-state index contributed by atoms with van der Waals surface area (Å²) in [4.78, 5) is 21.5. The third-order valence-corrected chi connectivity index (χ3v) is 3.64. The van der Waals surface area contributed by atoms with Gasteiger partial charge in [-0.25, -0.2) is 0 Å². The lowest BCUT2D eigenvalue weighted by Gasteiger charge is -2.09. The highest BCUT2D eigenvalue weighted by Crippen LogP contribution is 2.26. The molecule has 8 heteroatoms. The maximum absolute atomic E-state index is 11.1. The molecule has 0 aliphatic heterocycles. The molecule has 1 unspecified atom stereocenters. The lowest BCUT2D eigenvalue weighted by molar-refractivity contribution is -0.385. The number of nitro benzene ring substituents is 1. The number of nitrogens with two attached hydrogens (primary N) is 1. The molecule has 0 aliphatic rings. The number of nitro groups is 1. The predicted molar refractivity (Wildman–Crippen MR) is 74.3 cm³/mol. The molecule has 2 N–H and O–H groups in total. The van der Waals surface area contributed by atoms with Crippen LogP contribution in [0.25, 0.3) is 0 Å². The second-order valence-corrected chi connectivity index (χ2v) is 5.14. The first kappa shape index (κ1) is 15.7. The number of rotatable bonds is 6. The van der Waals surface area contributed by atoms with E-state index in [9.17, 15) is 14.9 Å². The van der Waals surface area contributed by atoms with Crippen molar-refractivity contribution in [2.45, 2.75) is 11.8 Å². The average molecular weight is 305 g/mol. The molecule has 0 heterocycles. The van der Waals surface area contributed by atoms with Gasteiger partial charge in [-0.2, -0.15) is 11.8 Å². The number of hydrogen-bond acceptors (Lipinski definition) is 6. The lowest BCUT2D eigenvalue weighted by Crippen LogP contribution is -2.33. The Morgan fingerprint density at radius 2 is 2.32 bits per heavy atom.